The first kappa shape index (κ1) is 23.6. The third-order valence-electron chi connectivity index (χ3n) is 5.21. The Bertz CT molecular complexity index is 1320. The monoisotopic (exact) mass is 484 g/mol. The Morgan fingerprint density at radius 1 is 0.853 bits per heavy atom. The van der Waals surface area contributed by atoms with E-state index < -0.39 is 47.3 Å². The summed E-state index contributed by atoms with van der Waals surface area (Å²) in [5.41, 5.74) is -4.50. The van der Waals surface area contributed by atoms with Crippen molar-refractivity contribution < 1.29 is 40.6 Å². The van der Waals surface area contributed by atoms with Gasteiger partial charge in [0.2, 0.25) is 5.60 Å². The van der Waals surface area contributed by atoms with Crippen LogP contribution in [0.3, 0.4) is 0 Å². The summed E-state index contributed by atoms with van der Waals surface area (Å²) in [4.78, 5) is 0. The van der Waals surface area contributed by atoms with E-state index in [0.717, 1.165) is 12.1 Å². The van der Waals surface area contributed by atoms with Gasteiger partial charge in [-0.3, -0.25) is 0 Å². The predicted molar refractivity (Wildman–Crippen MR) is 108 cm³/mol. The zero-order valence-electron chi connectivity index (χ0n) is 17.0. The van der Waals surface area contributed by atoms with Gasteiger partial charge in [-0.15, -0.1) is 0 Å². The second-order valence-electron chi connectivity index (χ2n) is 7.46. The van der Waals surface area contributed by atoms with Gasteiger partial charge in [0.15, 0.2) is 11.6 Å². The lowest BCUT2D eigenvalue weighted by Crippen LogP contribution is -2.47. The topological polar surface area (TPSA) is 47.3 Å². The fraction of sp³-hybridized carbons (Fsp3) is 0.174. The Hall–Kier alpha value is -3.60. The molecule has 1 unspecified atom stereocenters. The molecular formula is C23H15F7N2O2. The first-order valence-electron chi connectivity index (χ1n) is 9.72. The fourth-order valence-corrected chi connectivity index (χ4v) is 3.37. The van der Waals surface area contributed by atoms with E-state index in [-0.39, 0.29) is 11.5 Å². The maximum Gasteiger partial charge on any atom is 0.424 e. The third kappa shape index (κ3) is 4.30. The van der Waals surface area contributed by atoms with Crippen LogP contribution in [0, 0.1) is 5.82 Å². The molecule has 0 aliphatic heterocycles. The molecule has 11 heteroatoms. The van der Waals surface area contributed by atoms with Crippen molar-refractivity contribution in [3.8, 4) is 11.4 Å². The summed E-state index contributed by atoms with van der Waals surface area (Å²) in [5.74, 6) is -2.38. The molecular weight excluding hydrogens is 469 g/mol. The highest BCUT2D eigenvalue weighted by molar-refractivity contribution is 5.81. The fourth-order valence-electron chi connectivity index (χ4n) is 3.37. The van der Waals surface area contributed by atoms with Gasteiger partial charge in [-0.2, -0.15) is 31.4 Å². The van der Waals surface area contributed by atoms with Crippen LogP contribution < -0.4 is 4.74 Å². The summed E-state index contributed by atoms with van der Waals surface area (Å²) in [6, 6.07) is 13.2. The molecule has 4 aromatic rings. The highest BCUT2D eigenvalue weighted by atomic mass is 19.4. The summed E-state index contributed by atoms with van der Waals surface area (Å²) in [6.45, 7) is -1.58. The molecule has 3 aromatic carbocycles. The van der Waals surface area contributed by atoms with Crippen LogP contribution in [0.1, 0.15) is 11.1 Å². The molecule has 0 bridgehead atoms. The SMILES string of the molecule is OC(COc1cc(C(F)(F)F)ccc1F)(c1ccc2c(cnn2-c2ccccc2)c1)C(F)(F)F. The zero-order chi connectivity index (χ0) is 24.7. The van der Waals surface area contributed by atoms with Crippen molar-refractivity contribution in [3.05, 3.63) is 89.9 Å². The van der Waals surface area contributed by atoms with Crippen LogP contribution in [-0.4, -0.2) is 27.7 Å². The van der Waals surface area contributed by atoms with Crippen LogP contribution in [0.4, 0.5) is 30.7 Å². The number of ether oxygens (including phenoxy) is 1. The summed E-state index contributed by atoms with van der Waals surface area (Å²) in [7, 11) is 0. The normalized spacial score (nSPS) is 14.2. The molecule has 0 amide bonds. The molecule has 178 valence electrons. The maximum atomic E-state index is 13.9. The second kappa shape index (κ2) is 8.32. The quantitative estimate of drug-likeness (QED) is 0.353. The minimum Gasteiger partial charge on any atom is -0.487 e. The lowest BCUT2D eigenvalue weighted by atomic mass is 9.93. The lowest BCUT2D eigenvalue weighted by Gasteiger charge is -2.31. The molecule has 1 atom stereocenters. The number of aliphatic hydroxyl groups is 1. The maximum absolute atomic E-state index is 13.9. The van der Waals surface area contributed by atoms with Crippen LogP contribution >= 0.6 is 0 Å². The Morgan fingerprint density at radius 3 is 2.18 bits per heavy atom. The molecule has 1 aromatic heterocycles. The lowest BCUT2D eigenvalue weighted by molar-refractivity contribution is -0.275. The Morgan fingerprint density at radius 2 is 1.53 bits per heavy atom. The van der Waals surface area contributed by atoms with Gasteiger partial charge >= 0.3 is 12.4 Å². The van der Waals surface area contributed by atoms with Gasteiger partial charge in [-0.05, 0) is 48.0 Å². The van der Waals surface area contributed by atoms with Crippen molar-refractivity contribution >= 4 is 10.9 Å². The molecule has 0 spiro atoms. The molecule has 0 fully saturated rings. The average molecular weight is 484 g/mol. The number of hydrogen-bond acceptors (Lipinski definition) is 3. The molecule has 0 aliphatic rings. The molecule has 0 radical (unpaired) electrons. The van der Waals surface area contributed by atoms with Gasteiger partial charge in [-0.25, -0.2) is 9.07 Å². The molecule has 0 saturated carbocycles. The van der Waals surface area contributed by atoms with E-state index in [4.69, 9.17) is 4.74 Å². The number of nitrogens with zero attached hydrogens (tertiary/aromatic N) is 2. The molecule has 1 heterocycles. The average Bonchev–Trinajstić information content (AvgIpc) is 3.20. The third-order valence-corrected chi connectivity index (χ3v) is 5.21. The number of rotatable bonds is 5. The van der Waals surface area contributed by atoms with Gasteiger partial charge in [0, 0.05) is 5.39 Å². The van der Waals surface area contributed by atoms with Gasteiger partial charge in [0.05, 0.1) is 23.0 Å². The number of halogens is 7. The van der Waals surface area contributed by atoms with E-state index in [0.29, 0.717) is 23.3 Å². The Balaban J connectivity index is 1.70. The first-order valence-corrected chi connectivity index (χ1v) is 9.72. The van der Waals surface area contributed by atoms with Crippen molar-refractivity contribution in [1.29, 1.82) is 0 Å². The zero-order valence-corrected chi connectivity index (χ0v) is 17.0. The molecule has 34 heavy (non-hydrogen) atoms. The van der Waals surface area contributed by atoms with Gasteiger partial charge in [0.1, 0.15) is 6.61 Å². The molecule has 4 rings (SSSR count). The minimum absolute atomic E-state index is 0.235. The standard InChI is InChI=1S/C23H15F7N2O2/c24-18-8-6-16(22(25,26)27)11-20(18)34-13-21(33,23(28,29)30)15-7-9-19-14(10-15)12-31-32(19)17-4-2-1-3-5-17/h1-12,33H,13H2. The molecule has 4 nitrogen and oxygen atoms in total. The molecule has 1 N–H and O–H groups in total. The number of fused-ring (bicyclic) bond motifs is 1. The van der Waals surface area contributed by atoms with E-state index in [9.17, 15) is 35.8 Å². The molecule has 0 saturated heterocycles. The number of hydrogen-bond donors (Lipinski definition) is 1. The Labute approximate surface area is 187 Å². The van der Waals surface area contributed by atoms with Crippen molar-refractivity contribution in [1.82, 2.24) is 9.78 Å². The van der Waals surface area contributed by atoms with Crippen LogP contribution in [0.5, 0.6) is 5.75 Å². The van der Waals surface area contributed by atoms with Crippen LogP contribution in [0.25, 0.3) is 16.6 Å². The summed E-state index contributed by atoms with van der Waals surface area (Å²) in [5, 5.41) is 15.0. The van der Waals surface area contributed by atoms with Crippen molar-refractivity contribution in [2.75, 3.05) is 6.61 Å². The largest absolute Gasteiger partial charge is 0.487 e. The van der Waals surface area contributed by atoms with Crippen LogP contribution in [0.15, 0.2) is 72.9 Å². The molecule has 0 aliphatic carbocycles. The number of benzene rings is 3. The number of aromatic nitrogens is 2. The number of para-hydroxylation sites is 1. The van der Waals surface area contributed by atoms with Gasteiger partial charge in [-0.1, -0.05) is 24.3 Å². The van der Waals surface area contributed by atoms with Crippen molar-refractivity contribution in [2.24, 2.45) is 0 Å². The van der Waals surface area contributed by atoms with E-state index in [1.807, 2.05) is 0 Å². The van der Waals surface area contributed by atoms with E-state index >= 15 is 0 Å². The van der Waals surface area contributed by atoms with Gasteiger partial charge in [0.25, 0.3) is 0 Å². The van der Waals surface area contributed by atoms with E-state index in [2.05, 4.69) is 5.10 Å². The minimum atomic E-state index is -5.30. The number of alkyl halides is 6. The van der Waals surface area contributed by atoms with Crippen molar-refractivity contribution in [3.63, 3.8) is 0 Å². The van der Waals surface area contributed by atoms with Crippen molar-refractivity contribution in [2.45, 2.75) is 18.0 Å². The second-order valence-corrected chi connectivity index (χ2v) is 7.46. The van der Waals surface area contributed by atoms with Crippen LogP contribution in [-0.2, 0) is 11.8 Å². The highest BCUT2D eigenvalue weighted by Gasteiger charge is 2.56. The van der Waals surface area contributed by atoms with E-state index in [1.165, 1.54) is 16.9 Å². The summed E-state index contributed by atoms with van der Waals surface area (Å²) in [6.07, 6.45) is -8.86. The summed E-state index contributed by atoms with van der Waals surface area (Å²) < 4.78 is 101. The highest BCUT2D eigenvalue weighted by Crippen LogP contribution is 2.41. The van der Waals surface area contributed by atoms with Gasteiger partial charge < -0.3 is 9.84 Å². The van der Waals surface area contributed by atoms with Crippen LogP contribution in [0.2, 0.25) is 0 Å². The smallest absolute Gasteiger partial charge is 0.424 e. The van der Waals surface area contributed by atoms with E-state index in [1.54, 1.807) is 30.3 Å². The first-order chi connectivity index (χ1) is 15.9. The Kier molecular flexibility index (Phi) is 5.76. The summed E-state index contributed by atoms with van der Waals surface area (Å²) >= 11 is 0. The predicted octanol–water partition coefficient (Wildman–Crippen LogP) is 6.01.